The molecule has 184 valence electrons. The summed E-state index contributed by atoms with van der Waals surface area (Å²) in [6, 6.07) is 20.4. The minimum atomic E-state index is -0.602. The highest BCUT2D eigenvalue weighted by atomic mass is 16.5. The zero-order valence-electron chi connectivity index (χ0n) is 20.6. The van der Waals surface area contributed by atoms with Gasteiger partial charge in [-0.25, -0.2) is 9.78 Å². The van der Waals surface area contributed by atoms with Crippen molar-refractivity contribution in [2.45, 2.75) is 13.0 Å². The van der Waals surface area contributed by atoms with Gasteiger partial charge in [-0.2, -0.15) is 0 Å². The third-order valence-electron chi connectivity index (χ3n) is 6.24. The van der Waals surface area contributed by atoms with Gasteiger partial charge in [0.2, 0.25) is 5.95 Å². The summed E-state index contributed by atoms with van der Waals surface area (Å²) in [5.74, 6) is 1.98. The first kappa shape index (κ1) is 23.3. The molecule has 3 aromatic carbocycles. The minimum absolute atomic E-state index is 0.234. The number of hydrogen-bond donors (Lipinski definition) is 1. The molecule has 5 rings (SSSR count). The van der Waals surface area contributed by atoms with Gasteiger partial charge < -0.3 is 24.3 Å². The first-order valence-electron chi connectivity index (χ1n) is 11.6. The van der Waals surface area contributed by atoms with Crippen LogP contribution < -0.4 is 19.5 Å². The van der Waals surface area contributed by atoms with Crippen LogP contribution in [0.15, 0.2) is 72.3 Å². The lowest BCUT2D eigenvalue weighted by molar-refractivity contribution is -0.138. The van der Waals surface area contributed by atoms with E-state index in [1.54, 1.807) is 28.3 Å². The van der Waals surface area contributed by atoms with Gasteiger partial charge in [0.1, 0.15) is 11.8 Å². The average Bonchev–Trinajstić information content (AvgIpc) is 3.30. The number of rotatable bonds is 7. The molecule has 1 N–H and O–H groups in total. The van der Waals surface area contributed by atoms with E-state index in [4.69, 9.17) is 23.9 Å². The number of hydrogen-bond acceptors (Lipinski definition) is 7. The molecule has 0 unspecified atom stereocenters. The number of carbonyl (C=O) groups is 1. The fourth-order valence-corrected chi connectivity index (χ4v) is 4.67. The zero-order chi connectivity index (χ0) is 25.2. The van der Waals surface area contributed by atoms with Gasteiger partial charge in [0, 0.05) is 5.56 Å². The van der Waals surface area contributed by atoms with Crippen molar-refractivity contribution in [1.29, 1.82) is 0 Å². The van der Waals surface area contributed by atoms with Crippen molar-refractivity contribution in [3.63, 3.8) is 0 Å². The fraction of sp³-hybridized carbons (Fsp3) is 0.214. The Morgan fingerprint density at radius 1 is 0.944 bits per heavy atom. The van der Waals surface area contributed by atoms with Crippen LogP contribution >= 0.6 is 0 Å². The molecule has 0 radical (unpaired) electrons. The number of esters is 1. The second-order valence-electron chi connectivity index (χ2n) is 8.14. The molecule has 0 amide bonds. The molecule has 8 heteroatoms. The Balaban J connectivity index is 1.85. The van der Waals surface area contributed by atoms with E-state index in [2.05, 4.69) is 5.32 Å². The maximum absolute atomic E-state index is 13.7. The van der Waals surface area contributed by atoms with Gasteiger partial charge >= 0.3 is 5.97 Å². The number of imidazole rings is 1. The number of para-hydroxylation sites is 3. The number of methoxy groups -OCH3 is 3. The predicted octanol–water partition coefficient (Wildman–Crippen LogP) is 5.05. The van der Waals surface area contributed by atoms with Crippen LogP contribution in [-0.2, 0) is 9.53 Å². The number of ether oxygens (including phenoxy) is 4. The Labute approximate surface area is 209 Å². The van der Waals surface area contributed by atoms with Crippen LogP contribution in [0, 0.1) is 0 Å². The summed E-state index contributed by atoms with van der Waals surface area (Å²) < 4.78 is 24.3. The van der Waals surface area contributed by atoms with Crippen LogP contribution in [0.4, 0.5) is 5.95 Å². The molecule has 0 saturated heterocycles. The highest BCUT2D eigenvalue weighted by Gasteiger charge is 2.38. The van der Waals surface area contributed by atoms with Crippen molar-refractivity contribution in [3.8, 4) is 17.2 Å². The minimum Gasteiger partial charge on any atom is -0.497 e. The van der Waals surface area contributed by atoms with E-state index in [1.165, 1.54) is 0 Å². The van der Waals surface area contributed by atoms with E-state index in [-0.39, 0.29) is 6.61 Å². The van der Waals surface area contributed by atoms with Gasteiger partial charge in [-0.05, 0) is 55.0 Å². The highest BCUT2D eigenvalue weighted by Crippen LogP contribution is 2.46. The van der Waals surface area contributed by atoms with Crippen LogP contribution in [0.5, 0.6) is 17.2 Å². The molecule has 36 heavy (non-hydrogen) atoms. The molecule has 0 aliphatic carbocycles. The van der Waals surface area contributed by atoms with Gasteiger partial charge in [-0.3, -0.25) is 4.57 Å². The summed E-state index contributed by atoms with van der Waals surface area (Å²) in [4.78, 5) is 18.5. The molecule has 1 atom stereocenters. The van der Waals surface area contributed by atoms with E-state index in [0.29, 0.717) is 34.5 Å². The average molecular weight is 486 g/mol. The lowest BCUT2D eigenvalue weighted by atomic mass is 9.91. The predicted molar refractivity (Wildman–Crippen MR) is 138 cm³/mol. The number of aromatic nitrogens is 2. The number of nitrogens with zero attached hydrogens (tertiary/aromatic N) is 2. The molecule has 1 aliphatic rings. The molecular formula is C28H27N3O5. The molecule has 1 aromatic heterocycles. The quantitative estimate of drug-likeness (QED) is 0.367. The normalized spacial score (nSPS) is 14.7. The highest BCUT2D eigenvalue weighted by molar-refractivity contribution is 6.03. The van der Waals surface area contributed by atoms with Crippen molar-refractivity contribution in [3.05, 3.63) is 83.4 Å². The molecular weight excluding hydrogens is 458 g/mol. The van der Waals surface area contributed by atoms with Gasteiger partial charge in [-0.15, -0.1) is 0 Å². The van der Waals surface area contributed by atoms with E-state index >= 15 is 0 Å². The van der Waals surface area contributed by atoms with Crippen molar-refractivity contribution in [2.24, 2.45) is 0 Å². The Kier molecular flexibility index (Phi) is 6.25. The maximum atomic E-state index is 13.7. The van der Waals surface area contributed by atoms with Crippen molar-refractivity contribution in [2.75, 3.05) is 33.3 Å². The summed E-state index contributed by atoms with van der Waals surface area (Å²) >= 11 is 0. The van der Waals surface area contributed by atoms with Crippen LogP contribution in [0.3, 0.4) is 0 Å². The first-order valence-corrected chi connectivity index (χ1v) is 11.6. The molecule has 0 fully saturated rings. The second kappa shape index (κ2) is 9.65. The van der Waals surface area contributed by atoms with E-state index in [1.807, 2.05) is 71.3 Å². The molecule has 0 bridgehead atoms. The van der Waals surface area contributed by atoms with E-state index in [0.717, 1.165) is 22.2 Å². The first-order chi connectivity index (χ1) is 17.6. The summed E-state index contributed by atoms with van der Waals surface area (Å²) in [5, 5.41) is 3.41. The largest absolute Gasteiger partial charge is 0.497 e. The van der Waals surface area contributed by atoms with Crippen LogP contribution in [0.2, 0.25) is 0 Å². The monoisotopic (exact) mass is 485 g/mol. The van der Waals surface area contributed by atoms with Gasteiger partial charge in [0.15, 0.2) is 11.5 Å². The summed E-state index contributed by atoms with van der Waals surface area (Å²) in [6.07, 6.45) is 0. The number of benzene rings is 3. The van der Waals surface area contributed by atoms with Crippen molar-refractivity contribution in [1.82, 2.24) is 9.55 Å². The van der Waals surface area contributed by atoms with Crippen molar-refractivity contribution >= 4 is 28.6 Å². The second-order valence-corrected chi connectivity index (χ2v) is 8.14. The Hall–Kier alpha value is -4.46. The lowest BCUT2D eigenvalue weighted by Crippen LogP contribution is -2.29. The topological polar surface area (TPSA) is 83.8 Å². The number of anilines is 1. The van der Waals surface area contributed by atoms with Gasteiger partial charge in [0.25, 0.3) is 0 Å². The van der Waals surface area contributed by atoms with Crippen LogP contribution in [0.25, 0.3) is 16.7 Å². The Morgan fingerprint density at radius 2 is 1.72 bits per heavy atom. The number of carbonyl (C=O) groups excluding carboxylic acids is 1. The molecule has 8 nitrogen and oxygen atoms in total. The van der Waals surface area contributed by atoms with Crippen LogP contribution in [0.1, 0.15) is 24.1 Å². The SMILES string of the molecule is CCOC(=O)C1=C(c2ccc(OC)cc2)Nc2nc3ccccc3n2[C@H]1c1cccc(OC)c1OC. The third-order valence-corrected chi connectivity index (χ3v) is 6.24. The Morgan fingerprint density at radius 3 is 2.42 bits per heavy atom. The van der Waals surface area contributed by atoms with Gasteiger partial charge in [0.05, 0.1) is 50.2 Å². The molecule has 0 spiro atoms. The maximum Gasteiger partial charge on any atom is 0.338 e. The number of fused-ring (bicyclic) bond motifs is 3. The molecule has 1 aliphatic heterocycles. The summed E-state index contributed by atoms with van der Waals surface area (Å²) in [7, 11) is 4.80. The summed E-state index contributed by atoms with van der Waals surface area (Å²) in [5.41, 5.74) is 4.25. The standard InChI is InChI=1S/C28H27N3O5/c1-5-36-27(32)23-24(17-13-15-18(33-2)16-14-17)30-28-29-20-10-6-7-11-21(20)31(28)25(23)19-9-8-12-22(34-3)26(19)35-4/h6-16,25H,5H2,1-4H3,(H,29,30)/t25-/m0/s1. The fourth-order valence-electron chi connectivity index (χ4n) is 4.67. The van der Waals surface area contributed by atoms with Crippen LogP contribution in [-0.4, -0.2) is 43.5 Å². The summed E-state index contributed by atoms with van der Waals surface area (Å²) in [6.45, 7) is 2.03. The Bertz CT molecular complexity index is 1460. The third kappa shape index (κ3) is 3.80. The zero-order valence-corrected chi connectivity index (χ0v) is 20.6. The molecule has 2 heterocycles. The number of nitrogens with one attached hydrogen (secondary N) is 1. The molecule has 0 saturated carbocycles. The smallest absolute Gasteiger partial charge is 0.338 e. The van der Waals surface area contributed by atoms with Crippen molar-refractivity contribution < 1.29 is 23.7 Å². The van der Waals surface area contributed by atoms with Gasteiger partial charge in [-0.1, -0.05) is 24.3 Å². The van der Waals surface area contributed by atoms with E-state index < -0.39 is 12.0 Å². The lowest BCUT2D eigenvalue weighted by Gasteiger charge is -2.32. The molecule has 4 aromatic rings. The van der Waals surface area contributed by atoms with E-state index in [9.17, 15) is 4.79 Å².